The molecule has 0 aliphatic heterocycles. The minimum absolute atomic E-state index is 0.00995. The number of nitrogens with one attached hydrogen (secondary N) is 1. The molecule has 3 heteroatoms. The van der Waals surface area contributed by atoms with Crippen molar-refractivity contribution in [3.05, 3.63) is 29.3 Å². The minimum Gasteiger partial charge on any atom is -0.399 e. The Balaban J connectivity index is 2.10. The second-order valence-electron chi connectivity index (χ2n) is 5.92. The highest BCUT2D eigenvalue weighted by Crippen LogP contribution is 2.29. The van der Waals surface area contributed by atoms with Crippen LogP contribution in [0.25, 0.3) is 0 Å². The fraction of sp³-hybridized carbons (Fsp3) is 0.562. The Morgan fingerprint density at radius 1 is 1.32 bits per heavy atom. The summed E-state index contributed by atoms with van der Waals surface area (Å²) >= 11 is 0. The van der Waals surface area contributed by atoms with Crippen molar-refractivity contribution in [1.29, 1.82) is 0 Å². The minimum atomic E-state index is 0.00995. The fourth-order valence-electron chi connectivity index (χ4n) is 2.92. The van der Waals surface area contributed by atoms with Crippen LogP contribution < -0.4 is 11.1 Å². The van der Waals surface area contributed by atoms with Gasteiger partial charge in [0.2, 0.25) is 0 Å². The molecule has 1 aromatic rings. The summed E-state index contributed by atoms with van der Waals surface area (Å²) in [6, 6.07) is 5.79. The third-order valence-electron chi connectivity index (χ3n) is 4.53. The summed E-state index contributed by atoms with van der Waals surface area (Å²) < 4.78 is 0. The largest absolute Gasteiger partial charge is 0.399 e. The second kappa shape index (κ2) is 5.64. The number of nitrogens with two attached hydrogens (primary N) is 1. The average molecular weight is 260 g/mol. The third-order valence-corrected chi connectivity index (χ3v) is 4.53. The molecule has 0 radical (unpaired) electrons. The van der Waals surface area contributed by atoms with Crippen molar-refractivity contribution >= 4 is 11.6 Å². The highest BCUT2D eigenvalue weighted by atomic mass is 16.1. The molecular formula is C16H24N2O. The first kappa shape index (κ1) is 13.9. The summed E-state index contributed by atoms with van der Waals surface area (Å²) in [4.78, 5) is 12.4. The number of nitrogen functional groups attached to an aromatic ring is 1. The van der Waals surface area contributed by atoms with E-state index in [1.807, 2.05) is 19.1 Å². The van der Waals surface area contributed by atoms with Crippen LogP contribution in [0.1, 0.15) is 49.0 Å². The van der Waals surface area contributed by atoms with Gasteiger partial charge in [-0.2, -0.15) is 0 Å². The van der Waals surface area contributed by atoms with Crippen LogP contribution in [-0.2, 0) is 0 Å². The van der Waals surface area contributed by atoms with Gasteiger partial charge in [-0.3, -0.25) is 4.79 Å². The molecule has 1 fully saturated rings. The van der Waals surface area contributed by atoms with Gasteiger partial charge in [0.25, 0.3) is 5.91 Å². The first-order valence-corrected chi connectivity index (χ1v) is 7.16. The van der Waals surface area contributed by atoms with Crippen LogP contribution in [0.3, 0.4) is 0 Å². The first-order chi connectivity index (χ1) is 8.99. The van der Waals surface area contributed by atoms with Gasteiger partial charge in [-0.05, 0) is 42.9 Å². The number of hydrogen-bond acceptors (Lipinski definition) is 2. The molecule has 1 aromatic carbocycles. The molecule has 1 aliphatic carbocycles. The van der Waals surface area contributed by atoms with Gasteiger partial charge in [0.05, 0.1) is 0 Å². The Labute approximate surface area is 115 Å². The number of carbonyl (C=O) groups excluding carboxylic acids is 1. The number of aryl methyl sites for hydroxylation is 1. The van der Waals surface area contributed by atoms with Gasteiger partial charge in [-0.15, -0.1) is 0 Å². The zero-order valence-corrected chi connectivity index (χ0v) is 12.1. The number of anilines is 1. The maximum absolute atomic E-state index is 12.4. The lowest BCUT2D eigenvalue weighted by atomic mass is 9.78. The standard InChI is InChI=1S/C16H24N2O/c1-10-5-4-6-15(12(10)3)18-16(19)14-9-13(17)8-7-11(14)2/h7-10,12,15H,4-6,17H2,1-3H3,(H,18,19). The molecule has 0 bridgehead atoms. The summed E-state index contributed by atoms with van der Waals surface area (Å²) in [5, 5.41) is 3.19. The monoisotopic (exact) mass is 260 g/mol. The average Bonchev–Trinajstić information content (AvgIpc) is 2.38. The molecule has 0 spiro atoms. The fourth-order valence-corrected chi connectivity index (χ4v) is 2.92. The van der Waals surface area contributed by atoms with Crippen molar-refractivity contribution in [3.8, 4) is 0 Å². The maximum atomic E-state index is 12.4. The Bertz CT molecular complexity index is 470. The predicted molar refractivity (Wildman–Crippen MR) is 79.0 cm³/mol. The number of hydrogen-bond donors (Lipinski definition) is 2. The van der Waals surface area contributed by atoms with Gasteiger partial charge in [0.1, 0.15) is 0 Å². The molecule has 3 nitrogen and oxygen atoms in total. The van der Waals surface area contributed by atoms with E-state index in [0.717, 1.165) is 12.0 Å². The van der Waals surface area contributed by atoms with Crippen LogP contribution >= 0.6 is 0 Å². The first-order valence-electron chi connectivity index (χ1n) is 7.16. The normalized spacial score (nSPS) is 27.0. The van der Waals surface area contributed by atoms with Gasteiger partial charge in [-0.1, -0.05) is 32.8 Å². The Morgan fingerprint density at radius 3 is 2.79 bits per heavy atom. The van der Waals surface area contributed by atoms with Crippen LogP contribution in [0.5, 0.6) is 0 Å². The molecule has 3 unspecified atom stereocenters. The van der Waals surface area contributed by atoms with Gasteiger partial charge < -0.3 is 11.1 Å². The van der Waals surface area contributed by atoms with Crippen molar-refractivity contribution < 1.29 is 4.79 Å². The van der Waals surface area contributed by atoms with Gasteiger partial charge in [-0.25, -0.2) is 0 Å². The van der Waals surface area contributed by atoms with E-state index >= 15 is 0 Å². The molecule has 3 N–H and O–H groups in total. The highest BCUT2D eigenvalue weighted by Gasteiger charge is 2.28. The smallest absolute Gasteiger partial charge is 0.251 e. The lowest BCUT2D eigenvalue weighted by Gasteiger charge is -2.34. The molecule has 1 aliphatic rings. The number of amides is 1. The van der Waals surface area contributed by atoms with Crippen LogP contribution in [0.2, 0.25) is 0 Å². The summed E-state index contributed by atoms with van der Waals surface area (Å²) in [6.07, 6.45) is 3.55. The maximum Gasteiger partial charge on any atom is 0.251 e. The SMILES string of the molecule is Cc1ccc(N)cc1C(=O)NC1CCCC(C)C1C. The van der Waals surface area contributed by atoms with E-state index in [4.69, 9.17) is 5.73 Å². The second-order valence-corrected chi connectivity index (χ2v) is 5.92. The van der Waals surface area contributed by atoms with E-state index in [0.29, 0.717) is 23.1 Å². The quantitative estimate of drug-likeness (QED) is 0.803. The van der Waals surface area contributed by atoms with Crippen LogP contribution in [-0.4, -0.2) is 11.9 Å². The van der Waals surface area contributed by atoms with Crippen molar-refractivity contribution in [2.45, 2.75) is 46.1 Å². The van der Waals surface area contributed by atoms with Crippen molar-refractivity contribution in [2.75, 3.05) is 5.73 Å². The highest BCUT2D eigenvalue weighted by molar-refractivity contribution is 5.96. The topological polar surface area (TPSA) is 55.1 Å². The summed E-state index contributed by atoms with van der Waals surface area (Å²) in [5.74, 6) is 1.23. The molecule has 0 saturated heterocycles. The van der Waals surface area contributed by atoms with Crippen molar-refractivity contribution in [1.82, 2.24) is 5.32 Å². The molecule has 3 atom stereocenters. The van der Waals surface area contributed by atoms with Gasteiger partial charge in [0, 0.05) is 17.3 Å². The number of rotatable bonds is 2. The van der Waals surface area contributed by atoms with E-state index in [-0.39, 0.29) is 11.9 Å². The third kappa shape index (κ3) is 3.09. The molecule has 104 valence electrons. The number of carbonyl (C=O) groups is 1. The van der Waals surface area contributed by atoms with E-state index in [2.05, 4.69) is 19.2 Å². The lowest BCUT2D eigenvalue weighted by Crippen LogP contribution is -2.43. The van der Waals surface area contributed by atoms with Crippen molar-refractivity contribution in [3.63, 3.8) is 0 Å². The van der Waals surface area contributed by atoms with Crippen LogP contribution in [0.4, 0.5) is 5.69 Å². The lowest BCUT2D eigenvalue weighted by molar-refractivity contribution is 0.0890. The van der Waals surface area contributed by atoms with E-state index in [1.54, 1.807) is 6.07 Å². The van der Waals surface area contributed by atoms with Crippen LogP contribution in [0.15, 0.2) is 18.2 Å². The number of benzene rings is 1. The summed E-state index contributed by atoms with van der Waals surface area (Å²) in [6.45, 7) is 6.46. The van der Waals surface area contributed by atoms with E-state index in [1.165, 1.54) is 12.8 Å². The van der Waals surface area contributed by atoms with E-state index < -0.39 is 0 Å². The molecule has 0 heterocycles. The molecule has 19 heavy (non-hydrogen) atoms. The summed E-state index contributed by atoms with van der Waals surface area (Å²) in [5.41, 5.74) is 8.08. The Hall–Kier alpha value is -1.51. The van der Waals surface area contributed by atoms with E-state index in [9.17, 15) is 4.79 Å². The predicted octanol–water partition coefficient (Wildman–Crippen LogP) is 3.13. The summed E-state index contributed by atoms with van der Waals surface area (Å²) in [7, 11) is 0. The van der Waals surface area contributed by atoms with Crippen LogP contribution in [0, 0.1) is 18.8 Å². The molecule has 1 saturated carbocycles. The van der Waals surface area contributed by atoms with Crippen molar-refractivity contribution in [2.24, 2.45) is 11.8 Å². The van der Waals surface area contributed by atoms with Gasteiger partial charge >= 0.3 is 0 Å². The molecule has 2 rings (SSSR count). The molecule has 1 amide bonds. The van der Waals surface area contributed by atoms with Gasteiger partial charge in [0.15, 0.2) is 0 Å². The Morgan fingerprint density at radius 2 is 2.05 bits per heavy atom. The zero-order chi connectivity index (χ0) is 14.0. The molecule has 0 aromatic heterocycles. The Kier molecular flexibility index (Phi) is 4.13. The zero-order valence-electron chi connectivity index (χ0n) is 12.1. The molecular weight excluding hydrogens is 236 g/mol.